The second-order valence-electron chi connectivity index (χ2n) is 7.88. The van der Waals surface area contributed by atoms with Crippen LogP contribution in [0.5, 0.6) is 0 Å². The van der Waals surface area contributed by atoms with Crippen LogP contribution >= 0.6 is 0 Å². The van der Waals surface area contributed by atoms with Crippen molar-refractivity contribution in [2.75, 3.05) is 31.5 Å². The van der Waals surface area contributed by atoms with Crippen molar-refractivity contribution in [3.05, 3.63) is 33.9 Å². The molecule has 1 aromatic rings. The van der Waals surface area contributed by atoms with E-state index in [1.807, 2.05) is 0 Å². The zero-order valence-electron chi connectivity index (χ0n) is 16.3. The third-order valence-electron chi connectivity index (χ3n) is 5.50. The number of rotatable bonds is 8. The maximum atomic E-state index is 12.3. The Labute approximate surface area is 164 Å². The number of likely N-dealkylation sites (tertiary alicyclic amines) is 1. The van der Waals surface area contributed by atoms with Gasteiger partial charge in [-0.1, -0.05) is 6.07 Å². The van der Waals surface area contributed by atoms with Crippen LogP contribution in [0.25, 0.3) is 0 Å². The first-order valence-electron chi connectivity index (χ1n) is 9.97. The summed E-state index contributed by atoms with van der Waals surface area (Å²) in [5, 5.41) is 16.7. The lowest BCUT2D eigenvalue weighted by Gasteiger charge is -2.31. The Morgan fingerprint density at radius 3 is 2.79 bits per heavy atom. The second kappa shape index (κ2) is 9.14. The Bertz CT molecular complexity index is 748. The van der Waals surface area contributed by atoms with E-state index in [1.54, 1.807) is 13.0 Å². The van der Waals surface area contributed by atoms with E-state index < -0.39 is 4.92 Å². The van der Waals surface area contributed by atoms with Crippen molar-refractivity contribution in [1.82, 2.24) is 10.2 Å². The Hall–Kier alpha value is -2.48. The molecule has 0 bridgehead atoms. The van der Waals surface area contributed by atoms with E-state index in [2.05, 4.69) is 15.5 Å². The smallest absolute Gasteiger partial charge is 0.271 e. The highest BCUT2D eigenvalue weighted by Gasteiger charge is 2.28. The number of carbonyl (C=O) groups is 2. The summed E-state index contributed by atoms with van der Waals surface area (Å²) in [6.45, 7) is 4.73. The van der Waals surface area contributed by atoms with E-state index in [-0.39, 0.29) is 23.4 Å². The summed E-state index contributed by atoms with van der Waals surface area (Å²) in [6, 6.07) is 4.44. The highest BCUT2D eigenvalue weighted by Crippen LogP contribution is 2.28. The van der Waals surface area contributed by atoms with Gasteiger partial charge in [0.1, 0.15) is 0 Å². The summed E-state index contributed by atoms with van der Waals surface area (Å²) < 4.78 is 0. The van der Waals surface area contributed by atoms with Crippen LogP contribution in [0.4, 0.5) is 11.4 Å². The summed E-state index contributed by atoms with van der Waals surface area (Å²) in [5.74, 6) is 0.622. The summed E-state index contributed by atoms with van der Waals surface area (Å²) in [7, 11) is 0. The molecule has 2 aliphatic rings. The van der Waals surface area contributed by atoms with E-state index in [0.717, 1.165) is 31.5 Å². The molecule has 2 fully saturated rings. The summed E-state index contributed by atoms with van der Waals surface area (Å²) in [6.07, 6.45) is 4.57. The van der Waals surface area contributed by atoms with E-state index in [9.17, 15) is 19.7 Å². The standard InChI is InChI=1S/C20H28N4O4/c1-14-4-7-17(24(27)28)11-18(14)22-19(25)8-10-23-9-2-3-16(13-23)20(26)21-12-15-5-6-15/h4,7,11,15-16H,2-3,5-6,8-10,12-13H2,1H3,(H,21,26)(H,22,25). The van der Waals surface area contributed by atoms with Crippen molar-refractivity contribution in [1.29, 1.82) is 0 Å². The van der Waals surface area contributed by atoms with Gasteiger partial charge < -0.3 is 15.5 Å². The molecule has 28 heavy (non-hydrogen) atoms. The molecule has 8 nitrogen and oxygen atoms in total. The van der Waals surface area contributed by atoms with E-state index >= 15 is 0 Å². The lowest BCUT2D eigenvalue weighted by atomic mass is 9.97. The van der Waals surface area contributed by atoms with Crippen LogP contribution in [-0.2, 0) is 9.59 Å². The number of anilines is 1. The molecule has 3 rings (SSSR count). The first-order chi connectivity index (χ1) is 13.4. The number of aryl methyl sites for hydroxylation is 1. The van der Waals surface area contributed by atoms with Crippen LogP contribution < -0.4 is 10.6 Å². The van der Waals surface area contributed by atoms with Crippen molar-refractivity contribution in [2.45, 2.75) is 39.0 Å². The molecule has 2 amide bonds. The number of carbonyl (C=O) groups excluding carboxylic acids is 2. The summed E-state index contributed by atoms with van der Waals surface area (Å²) >= 11 is 0. The minimum absolute atomic E-state index is 0.00502. The van der Waals surface area contributed by atoms with Crippen molar-refractivity contribution in [3.63, 3.8) is 0 Å². The van der Waals surface area contributed by atoms with Crippen LogP contribution in [0, 0.1) is 28.9 Å². The molecule has 0 spiro atoms. The van der Waals surface area contributed by atoms with E-state index in [4.69, 9.17) is 0 Å². The molecule has 1 aromatic carbocycles. The fourth-order valence-electron chi connectivity index (χ4n) is 3.51. The molecule has 1 aliphatic heterocycles. The molecule has 1 atom stereocenters. The third-order valence-corrected chi connectivity index (χ3v) is 5.50. The van der Waals surface area contributed by atoms with Crippen molar-refractivity contribution < 1.29 is 14.5 Å². The first kappa shape index (κ1) is 20.3. The molecular formula is C20H28N4O4. The zero-order valence-corrected chi connectivity index (χ0v) is 16.3. The second-order valence-corrected chi connectivity index (χ2v) is 7.88. The number of hydrogen-bond acceptors (Lipinski definition) is 5. The number of nitrogens with zero attached hydrogens (tertiary/aromatic N) is 2. The molecular weight excluding hydrogens is 360 g/mol. The average molecular weight is 388 g/mol. The highest BCUT2D eigenvalue weighted by molar-refractivity contribution is 5.92. The molecule has 1 saturated heterocycles. The molecule has 0 radical (unpaired) electrons. The van der Waals surface area contributed by atoms with Crippen LogP contribution in [0.2, 0.25) is 0 Å². The lowest BCUT2D eigenvalue weighted by molar-refractivity contribution is -0.384. The van der Waals surface area contributed by atoms with Gasteiger partial charge in [0.05, 0.1) is 16.5 Å². The maximum Gasteiger partial charge on any atom is 0.271 e. The molecule has 1 saturated carbocycles. The van der Waals surface area contributed by atoms with E-state index in [1.165, 1.54) is 25.0 Å². The predicted molar refractivity (Wildman–Crippen MR) is 106 cm³/mol. The van der Waals surface area contributed by atoms with Crippen molar-refractivity contribution in [2.24, 2.45) is 11.8 Å². The van der Waals surface area contributed by atoms with Crippen LogP contribution in [0.3, 0.4) is 0 Å². The minimum atomic E-state index is -0.475. The number of hydrogen-bond donors (Lipinski definition) is 2. The number of nitrogens with one attached hydrogen (secondary N) is 2. The summed E-state index contributed by atoms with van der Waals surface area (Å²) in [4.78, 5) is 37.2. The van der Waals surface area contributed by atoms with E-state index in [0.29, 0.717) is 31.1 Å². The highest BCUT2D eigenvalue weighted by atomic mass is 16.6. The van der Waals surface area contributed by atoms with Crippen LogP contribution in [0.15, 0.2) is 18.2 Å². The Kier molecular flexibility index (Phi) is 6.61. The van der Waals surface area contributed by atoms with Gasteiger partial charge in [-0.15, -0.1) is 0 Å². The van der Waals surface area contributed by atoms with Crippen molar-refractivity contribution in [3.8, 4) is 0 Å². The fraction of sp³-hybridized carbons (Fsp3) is 0.600. The largest absolute Gasteiger partial charge is 0.356 e. The van der Waals surface area contributed by atoms with Gasteiger partial charge in [0.15, 0.2) is 0 Å². The van der Waals surface area contributed by atoms with Crippen LogP contribution in [0.1, 0.15) is 37.7 Å². The maximum absolute atomic E-state index is 12.3. The molecule has 1 unspecified atom stereocenters. The molecule has 8 heteroatoms. The quantitative estimate of drug-likeness (QED) is 0.526. The van der Waals surface area contributed by atoms with Gasteiger partial charge in [-0.25, -0.2) is 0 Å². The van der Waals surface area contributed by atoms with Gasteiger partial charge >= 0.3 is 0 Å². The van der Waals surface area contributed by atoms with Gasteiger partial charge in [-0.05, 0) is 50.6 Å². The Morgan fingerprint density at radius 2 is 2.07 bits per heavy atom. The topological polar surface area (TPSA) is 105 Å². The average Bonchev–Trinajstić information content (AvgIpc) is 3.51. The number of benzene rings is 1. The number of piperidine rings is 1. The molecule has 152 valence electrons. The molecule has 1 heterocycles. The lowest BCUT2D eigenvalue weighted by Crippen LogP contribution is -2.44. The zero-order chi connectivity index (χ0) is 20.1. The number of non-ortho nitro benzene ring substituents is 1. The van der Waals surface area contributed by atoms with Gasteiger partial charge in [-0.2, -0.15) is 0 Å². The third kappa shape index (κ3) is 5.76. The normalized spacial score (nSPS) is 19.8. The van der Waals surface area contributed by atoms with Gasteiger partial charge in [0.2, 0.25) is 11.8 Å². The Balaban J connectivity index is 1.45. The number of nitro benzene ring substituents is 1. The number of nitro groups is 1. The monoisotopic (exact) mass is 388 g/mol. The minimum Gasteiger partial charge on any atom is -0.356 e. The molecule has 2 N–H and O–H groups in total. The Morgan fingerprint density at radius 1 is 1.29 bits per heavy atom. The van der Waals surface area contributed by atoms with Gasteiger partial charge in [0.25, 0.3) is 5.69 Å². The summed E-state index contributed by atoms with van der Waals surface area (Å²) in [5.41, 5.74) is 1.21. The fourth-order valence-corrected chi connectivity index (χ4v) is 3.51. The predicted octanol–water partition coefficient (Wildman–Crippen LogP) is 2.47. The van der Waals surface area contributed by atoms with Crippen molar-refractivity contribution >= 4 is 23.2 Å². The molecule has 0 aromatic heterocycles. The van der Waals surface area contributed by atoms with Crippen LogP contribution in [-0.4, -0.2) is 47.8 Å². The molecule has 1 aliphatic carbocycles. The van der Waals surface area contributed by atoms with Gasteiger partial charge in [0, 0.05) is 38.2 Å². The first-order valence-corrected chi connectivity index (χ1v) is 9.97. The number of amides is 2. The SMILES string of the molecule is Cc1ccc([N+](=O)[O-])cc1NC(=O)CCN1CCCC(C(=O)NCC2CC2)C1. The van der Waals surface area contributed by atoms with Gasteiger partial charge in [-0.3, -0.25) is 19.7 Å².